The molecule has 28 heavy (non-hydrogen) atoms. The minimum absolute atomic E-state index is 0.0258. The molecular weight excluding hydrogens is 376 g/mol. The van der Waals surface area contributed by atoms with Crippen LogP contribution in [0.25, 0.3) is 0 Å². The number of hydrogen-bond donors (Lipinski definition) is 1. The fraction of sp³-hybridized carbons (Fsp3) is 0.500. The van der Waals surface area contributed by atoms with Crippen molar-refractivity contribution in [2.45, 2.75) is 39.7 Å². The number of likely N-dealkylation sites (tertiary alicyclic amines) is 1. The first-order valence-corrected chi connectivity index (χ1v) is 10.3. The van der Waals surface area contributed by atoms with Crippen LogP contribution >= 0.6 is 11.6 Å². The smallest absolute Gasteiger partial charge is 0.258 e. The van der Waals surface area contributed by atoms with Gasteiger partial charge in [0.05, 0.1) is 6.04 Å². The molecule has 1 atom stereocenters. The molecule has 3 rings (SSSR count). The van der Waals surface area contributed by atoms with Gasteiger partial charge in [0.2, 0.25) is 0 Å². The molecule has 1 N–H and O–H groups in total. The molecule has 1 aromatic heterocycles. The molecule has 0 saturated carbocycles. The molecule has 1 amide bonds. The van der Waals surface area contributed by atoms with Crippen molar-refractivity contribution in [3.63, 3.8) is 0 Å². The van der Waals surface area contributed by atoms with Crippen LogP contribution in [0.1, 0.15) is 42.9 Å². The van der Waals surface area contributed by atoms with Crippen LogP contribution in [0.3, 0.4) is 0 Å². The number of halogens is 1. The lowest BCUT2D eigenvalue weighted by atomic mass is 9.97. The van der Waals surface area contributed by atoms with E-state index in [0.29, 0.717) is 17.3 Å². The Bertz CT molecular complexity index is 797. The predicted molar refractivity (Wildman–Crippen MR) is 111 cm³/mol. The molecule has 1 aliphatic rings. The van der Waals surface area contributed by atoms with Gasteiger partial charge in [0.15, 0.2) is 6.61 Å². The maximum atomic E-state index is 12.3. The highest BCUT2D eigenvalue weighted by molar-refractivity contribution is 6.31. The van der Waals surface area contributed by atoms with Crippen molar-refractivity contribution in [3.8, 4) is 5.75 Å². The van der Waals surface area contributed by atoms with Gasteiger partial charge in [-0.15, -0.1) is 0 Å². The number of nitrogens with zero attached hydrogens (tertiary/aromatic N) is 1. The number of amides is 1. The molecule has 1 aromatic carbocycles. The second kappa shape index (κ2) is 9.48. The van der Waals surface area contributed by atoms with E-state index >= 15 is 0 Å². The summed E-state index contributed by atoms with van der Waals surface area (Å²) >= 11 is 6.02. The predicted octanol–water partition coefficient (Wildman–Crippen LogP) is 4.52. The molecule has 2 heterocycles. The van der Waals surface area contributed by atoms with Gasteiger partial charge in [-0.05, 0) is 81.6 Å². The zero-order chi connectivity index (χ0) is 20.1. The average molecular weight is 405 g/mol. The fourth-order valence-electron chi connectivity index (χ4n) is 3.50. The van der Waals surface area contributed by atoms with E-state index in [9.17, 15) is 4.79 Å². The van der Waals surface area contributed by atoms with Crippen LogP contribution in [0.15, 0.2) is 34.7 Å². The van der Waals surface area contributed by atoms with Gasteiger partial charge in [-0.2, -0.15) is 0 Å². The highest BCUT2D eigenvalue weighted by Gasteiger charge is 2.27. The van der Waals surface area contributed by atoms with Crippen LogP contribution in [0.2, 0.25) is 5.02 Å². The van der Waals surface area contributed by atoms with Gasteiger partial charge < -0.3 is 14.5 Å². The number of benzene rings is 1. The molecule has 152 valence electrons. The zero-order valence-corrected chi connectivity index (χ0v) is 17.6. The van der Waals surface area contributed by atoms with E-state index in [1.165, 1.54) is 12.8 Å². The Morgan fingerprint density at radius 2 is 2.04 bits per heavy atom. The Labute approximate surface area is 172 Å². The third kappa shape index (κ3) is 5.52. The number of rotatable bonds is 7. The molecule has 1 fully saturated rings. The van der Waals surface area contributed by atoms with Gasteiger partial charge in [0.25, 0.3) is 5.91 Å². The molecule has 0 bridgehead atoms. The van der Waals surface area contributed by atoms with Crippen LogP contribution in [0, 0.1) is 19.8 Å². The van der Waals surface area contributed by atoms with Crippen molar-refractivity contribution in [2.24, 2.45) is 5.92 Å². The largest absolute Gasteiger partial charge is 0.484 e. The molecule has 0 radical (unpaired) electrons. The highest BCUT2D eigenvalue weighted by atomic mass is 35.5. The van der Waals surface area contributed by atoms with E-state index in [1.54, 1.807) is 12.1 Å². The molecule has 0 aliphatic carbocycles. The molecule has 2 aromatic rings. The summed E-state index contributed by atoms with van der Waals surface area (Å²) in [5, 5.41) is 3.69. The minimum Gasteiger partial charge on any atom is -0.484 e. The standard InChI is InChI=1S/C22H29ClN2O3/c1-15-8-10-25(11-9-15)20(21-7-4-17(3)28-21)13-24-22(26)14-27-18-5-6-19(23)16(2)12-18/h4-7,12,15,20H,8-11,13-14H2,1-3H3,(H,24,26)/t20-/m1/s1. The Balaban J connectivity index is 1.56. The van der Waals surface area contributed by atoms with Gasteiger partial charge in [-0.25, -0.2) is 0 Å². The van der Waals surface area contributed by atoms with Crippen molar-refractivity contribution in [1.82, 2.24) is 10.2 Å². The first-order valence-electron chi connectivity index (χ1n) is 9.88. The molecule has 0 unspecified atom stereocenters. The summed E-state index contributed by atoms with van der Waals surface area (Å²) in [4.78, 5) is 14.7. The lowest BCUT2D eigenvalue weighted by Gasteiger charge is -2.35. The lowest BCUT2D eigenvalue weighted by Crippen LogP contribution is -2.42. The quantitative estimate of drug-likeness (QED) is 0.737. The number of furan rings is 1. The normalized spacial score (nSPS) is 16.7. The summed E-state index contributed by atoms with van der Waals surface area (Å²) in [6.07, 6.45) is 2.34. The van der Waals surface area contributed by atoms with E-state index in [-0.39, 0.29) is 18.6 Å². The first kappa shape index (κ1) is 20.7. The number of hydrogen-bond acceptors (Lipinski definition) is 4. The number of carbonyl (C=O) groups is 1. The van der Waals surface area contributed by atoms with Crippen LogP contribution in [0.4, 0.5) is 0 Å². The third-order valence-electron chi connectivity index (χ3n) is 5.34. The van der Waals surface area contributed by atoms with Crippen molar-refractivity contribution in [1.29, 1.82) is 0 Å². The van der Waals surface area contributed by atoms with Crippen molar-refractivity contribution in [3.05, 3.63) is 52.4 Å². The number of ether oxygens (including phenoxy) is 1. The molecule has 5 nitrogen and oxygen atoms in total. The van der Waals surface area contributed by atoms with Gasteiger partial charge in [-0.3, -0.25) is 9.69 Å². The highest BCUT2D eigenvalue weighted by Crippen LogP contribution is 2.27. The van der Waals surface area contributed by atoms with Crippen LogP contribution in [-0.2, 0) is 4.79 Å². The zero-order valence-electron chi connectivity index (χ0n) is 16.8. The number of piperidine rings is 1. The van der Waals surface area contributed by atoms with E-state index in [2.05, 4.69) is 17.1 Å². The van der Waals surface area contributed by atoms with Crippen LogP contribution in [-0.4, -0.2) is 37.0 Å². The maximum absolute atomic E-state index is 12.3. The SMILES string of the molecule is Cc1ccc([C@@H](CNC(=O)COc2ccc(Cl)c(C)c2)N2CCC(C)CC2)o1. The van der Waals surface area contributed by atoms with Gasteiger partial charge in [-0.1, -0.05) is 18.5 Å². The van der Waals surface area contributed by atoms with Crippen LogP contribution in [0.5, 0.6) is 5.75 Å². The first-order chi connectivity index (χ1) is 13.4. The Morgan fingerprint density at radius 3 is 2.68 bits per heavy atom. The van der Waals surface area contributed by atoms with Crippen molar-refractivity contribution < 1.29 is 13.9 Å². The Hall–Kier alpha value is -1.98. The van der Waals surface area contributed by atoms with Crippen molar-refractivity contribution >= 4 is 17.5 Å². The van der Waals surface area contributed by atoms with E-state index in [4.69, 9.17) is 20.8 Å². The monoisotopic (exact) mass is 404 g/mol. The maximum Gasteiger partial charge on any atom is 0.258 e. The third-order valence-corrected chi connectivity index (χ3v) is 5.76. The Kier molecular flexibility index (Phi) is 7.03. The number of nitrogens with one attached hydrogen (secondary N) is 1. The molecule has 1 aliphatic heterocycles. The number of carbonyl (C=O) groups excluding carboxylic acids is 1. The Morgan fingerprint density at radius 1 is 1.29 bits per heavy atom. The minimum atomic E-state index is -0.147. The van der Waals surface area contributed by atoms with Gasteiger partial charge in [0, 0.05) is 11.6 Å². The van der Waals surface area contributed by atoms with E-state index in [0.717, 1.165) is 36.1 Å². The molecular formula is C22H29ClN2O3. The fourth-order valence-corrected chi connectivity index (χ4v) is 3.62. The number of aryl methyl sites for hydroxylation is 2. The lowest BCUT2D eigenvalue weighted by molar-refractivity contribution is -0.123. The summed E-state index contributed by atoms with van der Waals surface area (Å²) in [7, 11) is 0. The summed E-state index contributed by atoms with van der Waals surface area (Å²) in [6, 6.07) is 9.41. The summed E-state index contributed by atoms with van der Waals surface area (Å²) in [6.45, 7) is 8.65. The van der Waals surface area contributed by atoms with Crippen molar-refractivity contribution in [2.75, 3.05) is 26.2 Å². The summed E-state index contributed by atoms with van der Waals surface area (Å²) < 4.78 is 11.5. The van der Waals surface area contributed by atoms with E-state index in [1.807, 2.05) is 32.0 Å². The summed E-state index contributed by atoms with van der Waals surface area (Å²) in [5.41, 5.74) is 0.923. The molecule has 6 heteroatoms. The molecule has 0 spiro atoms. The average Bonchev–Trinajstić information content (AvgIpc) is 3.10. The van der Waals surface area contributed by atoms with E-state index < -0.39 is 0 Å². The van der Waals surface area contributed by atoms with Gasteiger partial charge in [0.1, 0.15) is 17.3 Å². The van der Waals surface area contributed by atoms with Gasteiger partial charge >= 0.3 is 0 Å². The molecule has 1 saturated heterocycles. The second-order valence-corrected chi connectivity index (χ2v) is 8.09. The second-order valence-electron chi connectivity index (χ2n) is 7.69. The summed E-state index contributed by atoms with van der Waals surface area (Å²) in [5.74, 6) is 3.03. The topological polar surface area (TPSA) is 54.7 Å². The van der Waals surface area contributed by atoms with Crippen LogP contribution < -0.4 is 10.1 Å².